The van der Waals surface area contributed by atoms with Gasteiger partial charge in [0.1, 0.15) is 62.5 Å². The molecule has 2 amide bonds. The maximum absolute atomic E-state index is 12.0. The van der Waals surface area contributed by atoms with E-state index in [1.807, 2.05) is 91.8 Å². The highest BCUT2D eigenvalue weighted by Crippen LogP contribution is 2.37. The fraction of sp³-hybridized carbons (Fsp3) is 0.449. The summed E-state index contributed by atoms with van der Waals surface area (Å²) in [6, 6.07) is 26.4. The van der Waals surface area contributed by atoms with Crippen LogP contribution in [-0.4, -0.2) is 217 Å². The molecule has 0 spiro atoms. The van der Waals surface area contributed by atoms with E-state index in [1.54, 1.807) is 143 Å². The van der Waals surface area contributed by atoms with Gasteiger partial charge in [0.05, 0.1) is 89.8 Å². The van der Waals surface area contributed by atoms with Gasteiger partial charge in [-0.2, -0.15) is 0 Å². The second-order valence-electron chi connectivity index (χ2n) is 31.6. The Balaban J connectivity index is 0.000000187. The van der Waals surface area contributed by atoms with E-state index in [1.165, 1.54) is 19.5 Å². The van der Waals surface area contributed by atoms with Crippen molar-refractivity contribution in [3.63, 3.8) is 0 Å². The molecule has 0 aliphatic heterocycles. The number of nitrogen functional groups attached to an aromatic ring is 4. The summed E-state index contributed by atoms with van der Waals surface area (Å²) in [6.07, 6.45) is 36.7. The molecule has 0 radical (unpaired) electrons. The number of fused-ring (bicyclic) bond motifs is 4. The molecule has 4 aliphatic carbocycles. The number of esters is 1. The number of anilines is 8. The fourth-order valence-electron chi connectivity index (χ4n) is 15.0. The minimum absolute atomic E-state index is 0.0505. The molecule has 0 saturated heterocycles. The number of primary amides is 1. The third-order valence-corrected chi connectivity index (χ3v) is 21.7. The van der Waals surface area contributed by atoms with Crippen molar-refractivity contribution in [2.24, 2.45) is 5.73 Å². The Bertz CT molecular complexity index is 5450. The zero-order chi connectivity index (χ0) is 95.9. The van der Waals surface area contributed by atoms with Gasteiger partial charge in [-0.05, 0) is 219 Å². The Morgan fingerprint density at radius 3 is 0.843 bits per heavy atom. The average molecular weight is 1840 g/mol. The molecule has 718 valence electrons. The molecule has 14 N–H and O–H groups in total. The smallest absolute Gasteiger partial charge is 0.339 e. The van der Waals surface area contributed by atoms with Crippen molar-refractivity contribution in [2.75, 3.05) is 125 Å². The van der Waals surface area contributed by atoms with E-state index in [0.29, 0.717) is 98.3 Å². The van der Waals surface area contributed by atoms with Crippen LogP contribution < -0.4 is 73.6 Å². The molecule has 0 atom stereocenters. The van der Waals surface area contributed by atoms with Crippen LogP contribution in [0.4, 0.5) is 46.2 Å². The number of pyridine rings is 3. The molecule has 4 saturated carbocycles. The van der Waals surface area contributed by atoms with Gasteiger partial charge in [-0.25, -0.2) is 49.7 Å². The number of aromatic nitrogens is 13. The first kappa shape index (κ1) is 104. The number of rotatable bonds is 28. The lowest BCUT2D eigenvalue weighted by Gasteiger charge is -2.30. The zero-order valence-corrected chi connectivity index (χ0v) is 79.1. The highest BCUT2D eigenvalue weighted by molar-refractivity contribution is 5.94. The molecule has 8 aromatic heterocycles. The highest BCUT2D eigenvalue weighted by Gasteiger charge is 2.29. The standard InChI is InChI=1S/C22H26N6O2.C21H23N5O3.C20H22N6O2.C19H22N6O2.4C4H10O/c1-28(2)22(29)14-3-8-20(26-13-14)27-16-4-6-17(7-5-16)30-19-12-15(23)11-18-21(19)25-10-9-24-18;1-28-21(27)13-2-7-19(25-12-13)26-15-3-5-16(6-4-15)29-18-11-14(22)10-17-20(18)24-9-8-23-17;21-13-9-16-19(24-8-7-23-16)17(10-13)28-15-4-2-14(3-5-15)26-18-6-1-12(11-25-18)20(22)27;1-26-15-10-23-19(24-11-15)25-13-2-4-14(5-3-13)27-17-9-12(20)8-16-18(17)22-7-6-21-16;4*1-3-5-4-2/h3,8-13,16-17H,4-7,23H2,1-2H3,(H,26,27);2,7-12,15-16H,3-6,22H2,1H3,(H,25,26);1,6-11,14-15H,2-5,21H2,(H2,22,27)(H,25,26);6-11,13-14H,2-5,20H2,1H3,(H,23,24,25);4*3-4H2,1-2H3. The van der Waals surface area contributed by atoms with E-state index in [0.717, 1.165) is 217 Å². The molecule has 16 rings (SSSR count). The van der Waals surface area contributed by atoms with Crippen LogP contribution in [-0.2, 0) is 23.7 Å². The van der Waals surface area contributed by atoms with Crippen LogP contribution in [0.5, 0.6) is 28.7 Å². The van der Waals surface area contributed by atoms with Gasteiger partial charge in [0, 0.05) is 206 Å². The summed E-state index contributed by atoms with van der Waals surface area (Å²) in [5.74, 6) is 5.39. The average Bonchev–Trinajstić information content (AvgIpc) is 0.819. The van der Waals surface area contributed by atoms with Gasteiger partial charge in [0.25, 0.3) is 5.91 Å². The number of methoxy groups -OCH3 is 2. The van der Waals surface area contributed by atoms with E-state index >= 15 is 0 Å². The fourth-order valence-corrected chi connectivity index (χ4v) is 15.0. The lowest BCUT2D eigenvalue weighted by molar-refractivity contribution is 0.0599. The number of carbonyl (C=O) groups excluding carboxylic acids is 3. The number of hydrogen-bond donors (Lipinski definition) is 9. The van der Waals surface area contributed by atoms with Gasteiger partial charge in [-0.15, -0.1) is 0 Å². The van der Waals surface area contributed by atoms with Crippen LogP contribution in [0.25, 0.3) is 44.1 Å². The summed E-state index contributed by atoms with van der Waals surface area (Å²) >= 11 is 0. The lowest BCUT2D eigenvalue weighted by atomic mass is 9.93. The second kappa shape index (κ2) is 56.3. The molecule has 4 aromatic carbocycles. The van der Waals surface area contributed by atoms with Gasteiger partial charge in [-0.3, -0.25) is 29.5 Å². The minimum atomic E-state index is -0.476. The second-order valence-corrected chi connectivity index (χ2v) is 31.6. The van der Waals surface area contributed by atoms with Crippen molar-refractivity contribution in [3.8, 4) is 28.7 Å². The molecular weight excluding hydrogens is 1710 g/mol. The summed E-state index contributed by atoms with van der Waals surface area (Å²) in [5.41, 5.74) is 39.0. The van der Waals surface area contributed by atoms with Crippen molar-refractivity contribution < 1.29 is 61.8 Å². The Morgan fingerprint density at radius 2 is 0.604 bits per heavy atom. The van der Waals surface area contributed by atoms with Crippen LogP contribution in [0, 0.1) is 0 Å². The number of ether oxygens (including phenoxy) is 10. The number of nitrogens with one attached hydrogen (secondary N) is 4. The quantitative estimate of drug-likeness (QED) is 0.0162. The van der Waals surface area contributed by atoms with Gasteiger partial charge < -0.3 is 102 Å². The number of benzene rings is 4. The summed E-state index contributed by atoms with van der Waals surface area (Å²) in [5, 5.41) is 13.7. The first-order valence-electron chi connectivity index (χ1n) is 46.0. The van der Waals surface area contributed by atoms with E-state index < -0.39 is 5.91 Å². The molecule has 36 heteroatoms. The highest BCUT2D eigenvalue weighted by atomic mass is 16.5. The van der Waals surface area contributed by atoms with E-state index in [-0.39, 0.29) is 36.3 Å². The molecule has 0 unspecified atom stereocenters. The summed E-state index contributed by atoms with van der Waals surface area (Å²) in [4.78, 5) is 92.4. The van der Waals surface area contributed by atoms with Gasteiger partial charge in [-0.1, -0.05) is 0 Å². The third kappa shape index (κ3) is 34.2. The maximum Gasteiger partial charge on any atom is 0.339 e. The molecule has 0 bridgehead atoms. The van der Waals surface area contributed by atoms with Crippen molar-refractivity contribution in [2.45, 2.75) is 207 Å². The number of amides is 2. The number of carbonyl (C=O) groups is 3. The van der Waals surface area contributed by atoms with Crippen molar-refractivity contribution in [1.82, 2.24) is 69.7 Å². The Labute approximate surface area is 784 Å². The maximum atomic E-state index is 12.0. The van der Waals surface area contributed by atoms with Gasteiger partial charge >= 0.3 is 5.97 Å². The predicted octanol–water partition coefficient (Wildman–Crippen LogP) is 15.8. The summed E-state index contributed by atoms with van der Waals surface area (Å²) in [6.45, 7) is 22.7. The normalized spacial score (nSPS) is 17.5. The molecule has 12 aromatic rings. The third-order valence-electron chi connectivity index (χ3n) is 21.7. The number of hydrogen-bond acceptors (Lipinski definition) is 34. The van der Waals surface area contributed by atoms with Gasteiger partial charge in [0.2, 0.25) is 11.9 Å². The van der Waals surface area contributed by atoms with Crippen LogP contribution in [0.1, 0.15) is 189 Å². The predicted molar refractivity (Wildman–Crippen MR) is 525 cm³/mol. The molecule has 36 nitrogen and oxygen atoms in total. The largest absolute Gasteiger partial charge is 0.494 e. The SMILES string of the molecule is CCOCC.CCOCC.CCOCC.CCOCC.CN(C)C(=O)c1ccc(NC2CCC(Oc3cc(N)cc4nccnc34)CC2)nc1.COC(=O)c1ccc(NC2CCC(Oc3cc(N)cc4nccnc34)CC2)nc1.COc1cnc(NC2CCC(Oc3cc(N)cc4nccnc34)CC2)nc1.NC(=O)c1ccc(NC2CCC(Oc3cc(N)cc4nccnc34)CC2)nc1. The molecule has 4 aliphatic rings. The summed E-state index contributed by atoms with van der Waals surface area (Å²) in [7, 11) is 6.42. The van der Waals surface area contributed by atoms with Crippen LogP contribution in [0.3, 0.4) is 0 Å². The Kier molecular flexibility index (Phi) is 43.8. The van der Waals surface area contributed by atoms with E-state index in [9.17, 15) is 14.4 Å². The van der Waals surface area contributed by atoms with Crippen molar-refractivity contribution in [1.29, 1.82) is 0 Å². The van der Waals surface area contributed by atoms with Crippen molar-refractivity contribution in [3.05, 3.63) is 182 Å². The van der Waals surface area contributed by atoms with Gasteiger partial charge in [0.15, 0.2) is 5.75 Å². The first-order chi connectivity index (χ1) is 65.1. The topological polar surface area (TPSA) is 493 Å². The number of nitrogens with zero attached hydrogens (tertiary/aromatic N) is 14. The van der Waals surface area contributed by atoms with Crippen LogP contribution in [0.15, 0.2) is 165 Å². The molecular formula is C98H133N23O13. The molecule has 8 heterocycles. The number of nitrogens with two attached hydrogens (primary N) is 5. The lowest BCUT2D eigenvalue weighted by Crippen LogP contribution is -2.31. The molecule has 4 fully saturated rings. The Hall–Kier alpha value is -13.6. The van der Waals surface area contributed by atoms with E-state index in [4.69, 9.17) is 76.0 Å². The monoisotopic (exact) mass is 1840 g/mol. The minimum Gasteiger partial charge on any atom is -0.494 e. The molecule has 134 heavy (non-hydrogen) atoms. The zero-order valence-electron chi connectivity index (χ0n) is 79.1. The van der Waals surface area contributed by atoms with Crippen LogP contribution in [0.2, 0.25) is 0 Å². The van der Waals surface area contributed by atoms with Crippen LogP contribution >= 0.6 is 0 Å². The first-order valence-corrected chi connectivity index (χ1v) is 46.0. The van der Waals surface area contributed by atoms with E-state index in [2.05, 4.69) is 86.1 Å². The Morgan fingerprint density at radius 1 is 0.336 bits per heavy atom. The summed E-state index contributed by atoms with van der Waals surface area (Å²) < 4.78 is 54.0. The van der Waals surface area contributed by atoms with Crippen molar-refractivity contribution >= 4 is 108 Å².